The van der Waals surface area contributed by atoms with Gasteiger partial charge < -0.3 is 9.88 Å². The number of aromatic nitrogens is 2. The molecule has 0 amide bonds. The third kappa shape index (κ3) is 2.12. The Morgan fingerprint density at radius 2 is 2.32 bits per heavy atom. The van der Waals surface area contributed by atoms with E-state index in [2.05, 4.69) is 48.2 Å². The molecule has 1 N–H and O–H groups in total. The summed E-state index contributed by atoms with van der Waals surface area (Å²) in [7, 11) is 0. The molecule has 1 aliphatic heterocycles. The van der Waals surface area contributed by atoms with Crippen LogP contribution in [0.1, 0.15) is 58.2 Å². The van der Waals surface area contributed by atoms with E-state index in [1.165, 1.54) is 31.4 Å². The maximum atomic E-state index is 4.48. The number of rotatable bonds is 3. The molecule has 1 saturated heterocycles. The average Bonchev–Trinajstić information content (AvgIpc) is 3.08. The van der Waals surface area contributed by atoms with Crippen LogP contribution in [0, 0.1) is 11.8 Å². The lowest BCUT2D eigenvalue weighted by molar-refractivity contribution is 0.313. The molecule has 0 bridgehead atoms. The SMILES string of the molecule is CCC1CCC(n2cncc2C2(C)CCNC2)C1C. The van der Waals surface area contributed by atoms with Crippen molar-refractivity contribution < 1.29 is 0 Å². The van der Waals surface area contributed by atoms with Crippen molar-refractivity contribution in [1.29, 1.82) is 0 Å². The molecular formula is C16H27N3. The van der Waals surface area contributed by atoms with Gasteiger partial charge in [0, 0.05) is 29.9 Å². The summed E-state index contributed by atoms with van der Waals surface area (Å²) in [6.45, 7) is 9.39. The van der Waals surface area contributed by atoms with Crippen LogP contribution in [0.4, 0.5) is 0 Å². The summed E-state index contributed by atoms with van der Waals surface area (Å²) >= 11 is 0. The van der Waals surface area contributed by atoms with Gasteiger partial charge in [0.15, 0.2) is 0 Å². The van der Waals surface area contributed by atoms with Crippen LogP contribution in [0.15, 0.2) is 12.5 Å². The van der Waals surface area contributed by atoms with E-state index in [9.17, 15) is 0 Å². The van der Waals surface area contributed by atoms with Crippen molar-refractivity contribution in [2.45, 2.75) is 57.9 Å². The van der Waals surface area contributed by atoms with E-state index in [4.69, 9.17) is 0 Å². The Morgan fingerprint density at radius 1 is 1.47 bits per heavy atom. The molecule has 0 aromatic carbocycles. The minimum atomic E-state index is 0.278. The maximum Gasteiger partial charge on any atom is 0.0951 e. The molecule has 2 fully saturated rings. The van der Waals surface area contributed by atoms with E-state index in [0.29, 0.717) is 6.04 Å². The van der Waals surface area contributed by atoms with Crippen molar-refractivity contribution in [3.8, 4) is 0 Å². The first-order chi connectivity index (χ1) is 9.15. The van der Waals surface area contributed by atoms with Gasteiger partial charge in [-0.3, -0.25) is 0 Å². The number of nitrogens with zero attached hydrogens (tertiary/aromatic N) is 2. The molecule has 2 heterocycles. The topological polar surface area (TPSA) is 29.9 Å². The Morgan fingerprint density at radius 3 is 2.95 bits per heavy atom. The lowest BCUT2D eigenvalue weighted by Crippen LogP contribution is -2.30. The lowest BCUT2D eigenvalue weighted by atomic mass is 9.85. The molecular weight excluding hydrogens is 234 g/mol. The number of imidazole rings is 1. The summed E-state index contributed by atoms with van der Waals surface area (Å²) in [6.07, 6.45) is 9.45. The van der Waals surface area contributed by atoms with Crippen LogP contribution < -0.4 is 5.32 Å². The van der Waals surface area contributed by atoms with Gasteiger partial charge in [-0.1, -0.05) is 27.2 Å². The fraction of sp³-hybridized carbons (Fsp3) is 0.812. The summed E-state index contributed by atoms with van der Waals surface area (Å²) in [5.74, 6) is 1.69. The van der Waals surface area contributed by atoms with Crippen LogP contribution in [0.5, 0.6) is 0 Å². The molecule has 1 aliphatic carbocycles. The van der Waals surface area contributed by atoms with Crippen LogP contribution in [0.25, 0.3) is 0 Å². The highest BCUT2D eigenvalue weighted by molar-refractivity contribution is 5.18. The van der Waals surface area contributed by atoms with Crippen molar-refractivity contribution in [2.24, 2.45) is 11.8 Å². The summed E-state index contributed by atoms with van der Waals surface area (Å²) in [5.41, 5.74) is 1.73. The zero-order chi connectivity index (χ0) is 13.5. The first kappa shape index (κ1) is 13.2. The standard InChI is InChI=1S/C16H27N3/c1-4-13-5-6-14(12(13)2)19-11-18-9-15(19)16(3)7-8-17-10-16/h9,11-14,17H,4-8,10H2,1-3H3. The average molecular weight is 261 g/mol. The molecule has 0 spiro atoms. The van der Waals surface area contributed by atoms with Crippen LogP contribution >= 0.6 is 0 Å². The van der Waals surface area contributed by atoms with E-state index < -0.39 is 0 Å². The van der Waals surface area contributed by atoms with Crippen molar-refractivity contribution in [2.75, 3.05) is 13.1 Å². The van der Waals surface area contributed by atoms with E-state index >= 15 is 0 Å². The summed E-state index contributed by atoms with van der Waals surface area (Å²) in [6, 6.07) is 0.667. The minimum absolute atomic E-state index is 0.278. The highest BCUT2D eigenvalue weighted by Crippen LogP contribution is 2.44. The molecule has 1 aromatic rings. The van der Waals surface area contributed by atoms with Crippen molar-refractivity contribution >= 4 is 0 Å². The normalized spacial score (nSPS) is 39.0. The van der Waals surface area contributed by atoms with Gasteiger partial charge in [0.25, 0.3) is 0 Å². The molecule has 2 aliphatic rings. The van der Waals surface area contributed by atoms with Crippen molar-refractivity contribution in [3.05, 3.63) is 18.2 Å². The summed E-state index contributed by atoms with van der Waals surface area (Å²) < 4.78 is 2.51. The van der Waals surface area contributed by atoms with E-state index in [1.807, 2.05) is 0 Å². The Labute approximate surface area is 116 Å². The molecule has 3 nitrogen and oxygen atoms in total. The Balaban J connectivity index is 1.88. The van der Waals surface area contributed by atoms with Crippen molar-refractivity contribution in [3.63, 3.8) is 0 Å². The van der Waals surface area contributed by atoms with E-state index in [1.54, 1.807) is 0 Å². The Hall–Kier alpha value is -0.830. The number of hydrogen-bond acceptors (Lipinski definition) is 2. The molecule has 3 rings (SSSR count). The number of hydrogen-bond donors (Lipinski definition) is 1. The second kappa shape index (κ2) is 4.93. The third-order valence-corrected chi connectivity index (χ3v) is 5.72. The first-order valence-electron chi connectivity index (χ1n) is 7.89. The van der Waals surface area contributed by atoms with Gasteiger partial charge in [-0.05, 0) is 37.6 Å². The smallest absolute Gasteiger partial charge is 0.0951 e. The van der Waals surface area contributed by atoms with Gasteiger partial charge in [-0.15, -0.1) is 0 Å². The second-order valence-electron chi connectivity index (χ2n) is 6.85. The van der Waals surface area contributed by atoms with Crippen LogP contribution in [-0.4, -0.2) is 22.6 Å². The largest absolute Gasteiger partial charge is 0.331 e. The molecule has 0 radical (unpaired) electrons. The van der Waals surface area contributed by atoms with Gasteiger partial charge in [-0.25, -0.2) is 4.98 Å². The zero-order valence-corrected chi connectivity index (χ0v) is 12.5. The minimum Gasteiger partial charge on any atom is -0.331 e. The highest BCUT2D eigenvalue weighted by Gasteiger charge is 2.38. The van der Waals surface area contributed by atoms with Gasteiger partial charge in [0.2, 0.25) is 0 Å². The lowest BCUT2D eigenvalue weighted by Gasteiger charge is -2.29. The molecule has 4 atom stereocenters. The Bertz CT molecular complexity index is 431. The van der Waals surface area contributed by atoms with Gasteiger partial charge in [0.1, 0.15) is 0 Å². The van der Waals surface area contributed by atoms with Crippen LogP contribution in [-0.2, 0) is 5.41 Å². The zero-order valence-electron chi connectivity index (χ0n) is 12.5. The fourth-order valence-corrected chi connectivity index (χ4v) is 4.27. The number of nitrogens with one attached hydrogen (secondary N) is 1. The van der Waals surface area contributed by atoms with Crippen LogP contribution in [0.3, 0.4) is 0 Å². The highest BCUT2D eigenvalue weighted by atomic mass is 15.1. The van der Waals surface area contributed by atoms with Crippen LogP contribution in [0.2, 0.25) is 0 Å². The predicted molar refractivity (Wildman–Crippen MR) is 78.3 cm³/mol. The van der Waals surface area contributed by atoms with Crippen molar-refractivity contribution in [1.82, 2.24) is 14.9 Å². The third-order valence-electron chi connectivity index (χ3n) is 5.72. The summed E-state index contributed by atoms with van der Waals surface area (Å²) in [4.78, 5) is 4.48. The van der Waals surface area contributed by atoms with Gasteiger partial charge >= 0.3 is 0 Å². The Kier molecular flexibility index (Phi) is 3.42. The van der Waals surface area contributed by atoms with Gasteiger partial charge in [-0.2, -0.15) is 0 Å². The van der Waals surface area contributed by atoms with E-state index in [0.717, 1.165) is 24.9 Å². The predicted octanol–water partition coefficient (Wildman–Crippen LogP) is 3.13. The molecule has 1 aromatic heterocycles. The summed E-state index contributed by atoms with van der Waals surface area (Å²) in [5, 5.41) is 3.51. The molecule has 4 unspecified atom stereocenters. The molecule has 106 valence electrons. The fourth-order valence-electron chi connectivity index (χ4n) is 4.27. The maximum absolute atomic E-state index is 4.48. The second-order valence-corrected chi connectivity index (χ2v) is 6.85. The van der Waals surface area contributed by atoms with Gasteiger partial charge in [0.05, 0.1) is 6.33 Å². The first-order valence-corrected chi connectivity index (χ1v) is 7.89. The quantitative estimate of drug-likeness (QED) is 0.906. The monoisotopic (exact) mass is 261 g/mol. The van der Waals surface area contributed by atoms with E-state index in [-0.39, 0.29) is 5.41 Å². The molecule has 1 saturated carbocycles. The molecule has 19 heavy (non-hydrogen) atoms. The molecule has 3 heteroatoms.